The van der Waals surface area contributed by atoms with Gasteiger partial charge in [0, 0.05) is 43.7 Å². The number of nitrogens with zero attached hydrogens (tertiary/aromatic N) is 1. The van der Waals surface area contributed by atoms with E-state index >= 15 is 0 Å². The molecule has 0 aliphatic heterocycles. The van der Waals surface area contributed by atoms with E-state index in [0.29, 0.717) is 0 Å². The molecule has 0 saturated heterocycles. The Bertz CT molecular complexity index is 1890. The number of thiophene rings is 1. The molecule has 0 unspecified atom stereocenters. The first-order valence-corrected chi connectivity index (χ1v) is 12.6. The number of hydrogen-bond acceptors (Lipinski definition) is 2. The number of rotatable bonds is 3. The van der Waals surface area contributed by atoms with E-state index in [4.69, 9.17) is 5.73 Å². The van der Waals surface area contributed by atoms with Gasteiger partial charge < -0.3 is 10.3 Å². The minimum atomic E-state index is 1.03. The van der Waals surface area contributed by atoms with Crippen molar-refractivity contribution < 1.29 is 0 Å². The molecule has 0 amide bonds. The molecular formula is C32H22N2S. The molecule has 35 heavy (non-hydrogen) atoms. The van der Waals surface area contributed by atoms with Crippen molar-refractivity contribution in [3.63, 3.8) is 0 Å². The minimum absolute atomic E-state index is 1.03. The van der Waals surface area contributed by atoms with Crippen LogP contribution in [0.25, 0.3) is 53.2 Å². The number of benzene rings is 5. The number of nitrogens with two attached hydrogens (primary N) is 1. The third kappa shape index (κ3) is 3.02. The summed E-state index contributed by atoms with van der Waals surface area (Å²) in [6.45, 7) is 0. The lowest BCUT2D eigenvalue weighted by Gasteiger charge is -2.12. The monoisotopic (exact) mass is 466 g/mol. The van der Waals surface area contributed by atoms with Crippen molar-refractivity contribution >= 4 is 58.9 Å². The highest BCUT2D eigenvalue weighted by molar-refractivity contribution is 7.26. The van der Waals surface area contributed by atoms with Crippen molar-refractivity contribution in [3.8, 4) is 5.69 Å². The van der Waals surface area contributed by atoms with E-state index in [1.165, 1.54) is 42.0 Å². The Morgan fingerprint density at radius 1 is 0.600 bits per heavy atom. The zero-order valence-corrected chi connectivity index (χ0v) is 19.8. The second-order valence-corrected chi connectivity index (χ2v) is 9.83. The van der Waals surface area contributed by atoms with Gasteiger partial charge in [0.1, 0.15) is 0 Å². The Hall–Kier alpha value is -4.34. The summed E-state index contributed by atoms with van der Waals surface area (Å²) in [5, 5.41) is 5.20. The standard InChI is InChI=1S/C32H22N2S/c33-20-28(21-8-2-1-3-9-21)22-14-16-23(17-15-22)34-29-12-6-4-10-24(29)26-18-19-27-25-11-5-7-13-30(25)35-32(27)31(26)34/h1-20H,33H2/b28-20-. The van der Waals surface area contributed by atoms with Gasteiger partial charge in [0.05, 0.1) is 15.7 Å². The van der Waals surface area contributed by atoms with Gasteiger partial charge in [0.15, 0.2) is 0 Å². The third-order valence-electron chi connectivity index (χ3n) is 6.87. The van der Waals surface area contributed by atoms with E-state index in [-0.39, 0.29) is 0 Å². The summed E-state index contributed by atoms with van der Waals surface area (Å²) < 4.78 is 5.07. The highest BCUT2D eigenvalue weighted by Crippen LogP contribution is 2.42. The molecule has 3 heteroatoms. The molecule has 0 bridgehead atoms. The van der Waals surface area contributed by atoms with Gasteiger partial charge in [-0.2, -0.15) is 0 Å². The lowest BCUT2D eigenvalue weighted by atomic mass is 9.99. The Balaban J connectivity index is 1.49. The normalized spacial score (nSPS) is 12.3. The SMILES string of the molecule is N/C=C(/c1ccccc1)c1ccc(-n2c3ccccc3c3ccc4c5ccccc5sc4c32)cc1. The van der Waals surface area contributed by atoms with Crippen LogP contribution in [-0.2, 0) is 0 Å². The molecule has 7 rings (SSSR count). The average molecular weight is 467 g/mol. The molecule has 7 aromatic rings. The molecule has 0 atom stereocenters. The number of hydrogen-bond donors (Lipinski definition) is 1. The molecular weight excluding hydrogens is 444 g/mol. The van der Waals surface area contributed by atoms with Crippen LogP contribution < -0.4 is 5.73 Å². The maximum atomic E-state index is 6.05. The first kappa shape index (κ1) is 20.1. The van der Waals surface area contributed by atoms with E-state index in [1.54, 1.807) is 6.20 Å². The first-order chi connectivity index (χ1) is 17.3. The molecule has 0 aliphatic rings. The summed E-state index contributed by atoms with van der Waals surface area (Å²) in [6.07, 6.45) is 1.70. The van der Waals surface area contributed by atoms with Gasteiger partial charge in [-0.25, -0.2) is 0 Å². The molecule has 2 N–H and O–H groups in total. The molecule has 2 heterocycles. The Kier molecular flexibility index (Phi) is 4.51. The Morgan fingerprint density at radius 3 is 2.06 bits per heavy atom. The molecule has 0 aliphatic carbocycles. The second-order valence-electron chi connectivity index (χ2n) is 8.78. The zero-order valence-electron chi connectivity index (χ0n) is 19.0. The quantitative estimate of drug-likeness (QED) is 0.278. The van der Waals surface area contributed by atoms with Crippen LogP contribution in [0.3, 0.4) is 0 Å². The van der Waals surface area contributed by atoms with Crippen LogP contribution in [0.1, 0.15) is 11.1 Å². The highest BCUT2D eigenvalue weighted by Gasteiger charge is 2.17. The predicted octanol–water partition coefficient (Wildman–Crippen LogP) is 8.50. The number of aromatic nitrogens is 1. The van der Waals surface area contributed by atoms with Gasteiger partial charge in [0.2, 0.25) is 0 Å². The van der Waals surface area contributed by atoms with Crippen LogP contribution in [0.15, 0.2) is 121 Å². The smallest absolute Gasteiger partial charge is 0.0719 e. The van der Waals surface area contributed by atoms with E-state index < -0.39 is 0 Å². The Labute approximate surface area is 207 Å². The summed E-state index contributed by atoms with van der Waals surface area (Å²) in [4.78, 5) is 0. The van der Waals surface area contributed by atoms with E-state index in [0.717, 1.165) is 22.4 Å². The summed E-state index contributed by atoms with van der Waals surface area (Å²) in [7, 11) is 0. The molecule has 0 saturated carbocycles. The topological polar surface area (TPSA) is 30.9 Å². The van der Waals surface area contributed by atoms with Crippen LogP contribution in [0, 0.1) is 0 Å². The van der Waals surface area contributed by atoms with Crippen molar-refractivity contribution in [2.45, 2.75) is 0 Å². The Morgan fingerprint density at radius 2 is 1.26 bits per heavy atom. The van der Waals surface area contributed by atoms with Gasteiger partial charge >= 0.3 is 0 Å². The van der Waals surface area contributed by atoms with Crippen LogP contribution in [-0.4, -0.2) is 4.57 Å². The summed E-state index contributed by atoms with van der Waals surface area (Å²) >= 11 is 1.88. The van der Waals surface area contributed by atoms with Crippen molar-refractivity contribution in [2.24, 2.45) is 5.73 Å². The van der Waals surface area contributed by atoms with Gasteiger partial charge in [-0.1, -0.05) is 91.0 Å². The largest absolute Gasteiger partial charge is 0.404 e. The molecule has 0 spiro atoms. The number of fused-ring (bicyclic) bond motifs is 7. The summed E-state index contributed by atoms with van der Waals surface area (Å²) in [6, 6.07) is 41.0. The van der Waals surface area contributed by atoms with E-state index in [9.17, 15) is 0 Å². The van der Waals surface area contributed by atoms with Crippen molar-refractivity contribution in [3.05, 3.63) is 133 Å². The number of para-hydroxylation sites is 1. The fourth-order valence-corrected chi connectivity index (χ4v) is 6.51. The minimum Gasteiger partial charge on any atom is -0.404 e. The van der Waals surface area contributed by atoms with Crippen LogP contribution in [0.4, 0.5) is 0 Å². The molecule has 0 fully saturated rings. The maximum Gasteiger partial charge on any atom is 0.0719 e. The van der Waals surface area contributed by atoms with Crippen LogP contribution in [0.5, 0.6) is 0 Å². The first-order valence-electron chi connectivity index (χ1n) is 11.7. The van der Waals surface area contributed by atoms with E-state index in [1.807, 2.05) is 29.5 Å². The fourth-order valence-electron chi connectivity index (χ4n) is 5.27. The highest BCUT2D eigenvalue weighted by atomic mass is 32.1. The fraction of sp³-hybridized carbons (Fsp3) is 0. The molecule has 166 valence electrons. The van der Waals surface area contributed by atoms with Crippen molar-refractivity contribution in [1.82, 2.24) is 4.57 Å². The van der Waals surface area contributed by atoms with Gasteiger partial charge in [-0.05, 0) is 35.4 Å². The van der Waals surface area contributed by atoms with Crippen LogP contribution in [0.2, 0.25) is 0 Å². The van der Waals surface area contributed by atoms with Crippen LogP contribution >= 0.6 is 11.3 Å². The van der Waals surface area contributed by atoms with Gasteiger partial charge in [-0.3, -0.25) is 0 Å². The zero-order chi connectivity index (χ0) is 23.4. The molecule has 5 aromatic carbocycles. The lowest BCUT2D eigenvalue weighted by Crippen LogP contribution is -1.96. The average Bonchev–Trinajstić information content (AvgIpc) is 3.46. The van der Waals surface area contributed by atoms with Crippen molar-refractivity contribution in [1.29, 1.82) is 0 Å². The summed E-state index contributed by atoms with van der Waals surface area (Å²) in [5.74, 6) is 0. The molecule has 2 nitrogen and oxygen atoms in total. The van der Waals surface area contributed by atoms with Crippen molar-refractivity contribution in [2.75, 3.05) is 0 Å². The predicted molar refractivity (Wildman–Crippen MR) is 151 cm³/mol. The van der Waals surface area contributed by atoms with E-state index in [2.05, 4.69) is 102 Å². The third-order valence-corrected chi connectivity index (χ3v) is 8.06. The lowest BCUT2D eigenvalue weighted by molar-refractivity contribution is 1.19. The second kappa shape index (κ2) is 7.86. The molecule has 0 radical (unpaired) electrons. The maximum absolute atomic E-state index is 6.05. The van der Waals surface area contributed by atoms with Gasteiger partial charge in [-0.15, -0.1) is 11.3 Å². The van der Waals surface area contributed by atoms with Gasteiger partial charge in [0.25, 0.3) is 0 Å². The molecule has 2 aromatic heterocycles. The summed E-state index contributed by atoms with van der Waals surface area (Å²) in [5.41, 5.74) is 13.0.